The summed E-state index contributed by atoms with van der Waals surface area (Å²) < 4.78 is 63.3. The van der Waals surface area contributed by atoms with E-state index in [9.17, 15) is 16.8 Å². The number of hydrogen-bond acceptors (Lipinski definition) is 5. The molecular weight excluding hydrogens is 584 g/mol. The lowest BCUT2D eigenvalue weighted by Crippen LogP contribution is -2.26. The predicted molar refractivity (Wildman–Crippen MR) is 129 cm³/mol. The summed E-state index contributed by atoms with van der Waals surface area (Å²) in [5, 5.41) is 0. The van der Waals surface area contributed by atoms with Crippen molar-refractivity contribution in [3.05, 3.63) is 86.8 Å². The molecule has 0 spiro atoms. The van der Waals surface area contributed by atoms with Gasteiger partial charge in [-0.2, -0.15) is 0 Å². The summed E-state index contributed by atoms with van der Waals surface area (Å²) in [7, 11) is -6.69. The van der Waals surface area contributed by atoms with Crippen molar-refractivity contribution in [3.8, 4) is 5.75 Å². The molecule has 0 atom stereocenters. The molecule has 0 radical (unpaired) electrons. The molecule has 0 aliphatic heterocycles. The highest BCUT2D eigenvalue weighted by Crippen LogP contribution is 2.27. The van der Waals surface area contributed by atoms with Gasteiger partial charge < -0.3 is 4.74 Å². The SMILES string of the molecule is COc1ccc(S(=O)(=O)NCc2ccc(Br)cc2)cc1S(=O)(=O)NCc1ccc(Br)cc1. The molecule has 0 amide bonds. The van der Waals surface area contributed by atoms with Crippen molar-refractivity contribution in [3.63, 3.8) is 0 Å². The number of benzene rings is 3. The second-order valence-electron chi connectivity index (χ2n) is 6.71. The Morgan fingerprint density at radius 1 is 0.719 bits per heavy atom. The molecule has 0 saturated carbocycles. The molecule has 3 aromatic carbocycles. The maximum atomic E-state index is 12.9. The maximum absolute atomic E-state index is 12.9. The van der Waals surface area contributed by atoms with Crippen LogP contribution < -0.4 is 14.2 Å². The molecular formula is C21H20Br2N2O5S2. The van der Waals surface area contributed by atoms with Gasteiger partial charge in [-0.3, -0.25) is 0 Å². The van der Waals surface area contributed by atoms with Crippen LogP contribution in [0.5, 0.6) is 5.75 Å². The molecule has 3 aromatic rings. The number of hydrogen-bond donors (Lipinski definition) is 2. The van der Waals surface area contributed by atoms with Crippen LogP contribution in [0.4, 0.5) is 0 Å². The maximum Gasteiger partial charge on any atom is 0.244 e. The van der Waals surface area contributed by atoms with Crippen molar-refractivity contribution >= 4 is 51.9 Å². The van der Waals surface area contributed by atoms with Gasteiger partial charge in [0.25, 0.3) is 0 Å². The van der Waals surface area contributed by atoms with Gasteiger partial charge in [0.2, 0.25) is 20.0 Å². The lowest BCUT2D eigenvalue weighted by molar-refractivity contribution is 0.401. The van der Waals surface area contributed by atoms with Crippen LogP contribution in [-0.4, -0.2) is 23.9 Å². The first kappa shape index (κ1) is 24.9. The zero-order valence-electron chi connectivity index (χ0n) is 16.9. The fraction of sp³-hybridized carbons (Fsp3) is 0.143. The zero-order valence-corrected chi connectivity index (χ0v) is 21.7. The van der Waals surface area contributed by atoms with E-state index in [-0.39, 0.29) is 28.6 Å². The van der Waals surface area contributed by atoms with Crippen LogP contribution in [-0.2, 0) is 33.1 Å². The first-order valence-corrected chi connectivity index (χ1v) is 13.8. The third-order valence-corrected chi connectivity index (χ3v) is 8.37. The Bertz CT molecular complexity index is 1300. The Morgan fingerprint density at radius 2 is 1.19 bits per heavy atom. The minimum Gasteiger partial charge on any atom is -0.495 e. The average molecular weight is 604 g/mol. The summed E-state index contributed by atoms with van der Waals surface area (Å²) >= 11 is 6.66. The Hall–Kier alpha value is -1.76. The first-order chi connectivity index (χ1) is 15.1. The predicted octanol–water partition coefficient (Wildman–Crippen LogP) is 4.18. The summed E-state index contributed by atoms with van der Waals surface area (Å²) in [4.78, 5) is -0.442. The van der Waals surface area contributed by atoms with Gasteiger partial charge in [-0.1, -0.05) is 56.1 Å². The average Bonchev–Trinajstić information content (AvgIpc) is 2.78. The zero-order chi connectivity index (χ0) is 23.4. The lowest BCUT2D eigenvalue weighted by Gasteiger charge is -2.13. The lowest BCUT2D eigenvalue weighted by atomic mass is 10.2. The molecule has 3 rings (SSSR count). The van der Waals surface area contributed by atoms with Crippen molar-refractivity contribution < 1.29 is 21.6 Å². The van der Waals surface area contributed by atoms with E-state index in [0.29, 0.717) is 0 Å². The smallest absolute Gasteiger partial charge is 0.244 e. The molecule has 7 nitrogen and oxygen atoms in total. The van der Waals surface area contributed by atoms with Crippen molar-refractivity contribution in [2.24, 2.45) is 0 Å². The summed E-state index contributed by atoms with van der Waals surface area (Å²) in [6.45, 7) is 0.100. The number of ether oxygens (including phenoxy) is 1. The van der Waals surface area contributed by atoms with Crippen LogP contribution in [0.2, 0.25) is 0 Å². The van der Waals surface area contributed by atoms with Gasteiger partial charge in [0.15, 0.2) is 0 Å². The molecule has 11 heteroatoms. The molecule has 32 heavy (non-hydrogen) atoms. The van der Waals surface area contributed by atoms with Crippen LogP contribution in [0.3, 0.4) is 0 Å². The summed E-state index contributed by atoms with van der Waals surface area (Å²) in [6, 6.07) is 18.0. The van der Waals surface area contributed by atoms with Crippen molar-refractivity contribution in [1.82, 2.24) is 9.44 Å². The molecule has 0 fully saturated rings. The highest BCUT2D eigenvalue weighted by Gasteiger charge is 2.24. The monoisotopic (exact) mass is 602 g/mol. The van der Waals surface area contributed by atoms with Crippen LogP contribution in [0.15, 0.2) is 85.5 Å². The summed E-state index contributed by atoms with van der Waals surface area (Å²) in [5.41, 5.74) is 1.50. The molecule has 0 unspecified atom stereocenters. The second kappa shape index (κ2) is 10.4. The fourth-order valence-corrected chi connectivity index (χ4v) is 5.61. The van der Waals surface area contributed by atoms with Gasteiger partial charge in [0.1, 0.15) is 10.6 Å². The van der Waals surface area contributed by atoms with Crippen molar-refractivity contribution in [2.75, 3.05) is 7.11 Å². The Balaban J connectivity index is 1.83. The van der Waals surface area contributed by atoms with Gasteiger partial charge in [-0.25, -0.2) is 26.3 Å². The van der Waals surface area contributed by atoms with Crippen molar-refractivity contribution in [2.45, 2.75) is 22.9 Å². The first-order valence-electron chi connectivity index (χ1n) is 9.27. The van der Waals surface area contributed by atoms with Crippen LogP contribution in [0.25, 0.3) is 0 Å². The molecule has 0 heterocycles. The number of methoxy groups -OCH3 is 1. The third-order valence-electron chi connectivity index (χ3n) is 4.49. The minimum atomic E-state index is -4.05. The highest BCUT2D eigenvalue weighted by molar-refractivity contribution is 9.10. The molecule has 0 aromatic heterocycles. The topological polar surface area (TPSA) is 102 Å². The number of rotatable bonds is 9. The third kappa shape index (κ3) is 6.40. The van der Waals surface area contributed by atoms with E-state index in [1.807, 2.05) is 0 Å². The van der Waals surface area contributed by atoms with Crippen LogP contribution in [0, 0.1) is 0 Å². The number of halogens is 2. The molecule has 2 N–H and O–H groups in total. The summed E-state index contributed by atoms with van der Waals surface area (Å²) in [6.07, 6.45) is 0. The number of nitrogens with one attached hydrogen (secondary N) is 2. The Kier molecular flexibility index (Phi) is 8.12. The van der Waals surface area contributed by atoms with Crippen LogP contribution in [0.1, 0.15) is 11.1 Å². The van der Waals surface area contributed by atoms with Gasteiger partial charge in [0, 0.05) is 22.0 Å². The summed E-state index contributed by atoms with van der Waals surface area (Å²) in [5.74, 6) is 0.0418. The molecule has 170 valence electrons. The fourth-order valence-electron chi connectivity index (χ4n) is 2.76. The van der Waals surface area contributed by atoms with E-state index >= 15 is 0 Å². The minimum absolute atomic E-state index is 0.0392. The highest BCUT2D eigenvalue weighted by atomic mass is 79.9. The Labute approximate surface area is 204 Å². The van der Waals surface area contributed by atoms with E-state index in [1.165, 1.54) is 19.2 Å². The molecule has 0 saturated heterocycles. The van der Waals surface area contributed by atoms with Gasteiger partial charge >= 0.3 is 0 Å². The van der Waals surface area contributed by atoms with Crippen LogP contribution >= 0.6 is 31.9 Å². The molecule has 0 aliphatic carbocycles. The largest absolute Gasteiger partial charge is 0.495 e. The quantitative estimate of drug-likeness (QED) is 0.382. The second-order valence-corrected chi connectivity index (χ2v) is 12.0. The van der Waals surface area contributed by atoms with E-state index in [0.717, 1.165) is 26.1 Å². The number of sulfonamides is 2. The van der Waals surface area contributed by atoms with Gasteiger partial charge in [0.05, 0.1) is 12.0 Å². The van der Waals surface area contributed by atoms with E-state index in [2.05, 4.69) is 41.3 Å². The molecule has 0 bridgehead atoms. The van der Waals surface area contributed by atoms with Gasteiger partial charge in [-0.15, -0.1) is 0 Å². The van der Waals surface area contributed by atoms with Crippen molar-refractivity contribution in [1.29, 1.82) is 0 Å². The van der Waals surface area contributed by atoms with Gasteiger partial charge in [-0.05, 0) is 53.6 Å². The molecule has 0 aliphatic rings. The standard InChI is InChI=1S/C21H20Br2N2O5S2/c1-30-20-11-10-19(31(26,27)24-13-15-2-6-17(22)7-3-15)12-21(20)32(28,29)25-14-16-4-8-18(23)9-5-16/h2-12,24-25H,13-14H2,1H3. The van der Waals surface area contributed by atoms with E-state index in [4.69, 9.17) is 4.74 Å². The van der Waals surface area contributed by atoms with E-state index in [1.54, 1.807) is 48.5 Å². The normalized spacial score (nSPS) is 12.0. The Morgan fingerprint density at radius 3 is 1.66 bits per heavy atom. The van der Waals surface area contributed by atoms with E-state index < -0.39 is 20.0 Å².